The largest absolute Gasteiger partial charge is 0.665 e. The van der Waals surface area contributed by atoms with Crippen LogP contribution < -0.4 is 10.4 Å². The number of hydrogen-bond acceptors (Lipinski definition) is 0. The third-order valence-corrected chi connectivity index (χ3v) is 2.34. The number of allylic oxidation sites excluding steroid dienone is 2. The van der Waals surface area contributed by atoms with E-state index in [2.05, 4.69) is 48.8 Å². The molecule has 2 aliphatic rings. The third kappa shape index (κ3) is 4.07. The van der Waals surface area contributed by atoms with Crippen molar-refractivity contribution >= 4 is 23.5 Å². The topological polar surface area (TPSA) is 28.2 Å². The van der Waals surface area contributed by atoms with E-state index in [1.165, 1.54) is 0 Å². The van der Waals surface area contributed by atoms with E-state index in [-0.39, 0.29) is 19.5 Å². The minimum atomic E-state index is 0. The van der Waals surface area contributed by atoms with Crippen molar-refractivity contribution in [3.05, 3.63) is 71.6 Å². The Morgan fingerprint density at radius 1 is 0.737 bits per heavy atom. The van der Waals surface area contributed by atoms with E-state index in [0.717, 1.165) is 21.8 Å². The van der Waals surface area contributed by atoms with Crippen molar-refractivity contribution < 1.29 is 19.5 Å². The van der Waals surface area contributed by atoms with Gasteiger partial charge in [0.1, 0.15) is 0 Å². The molecule has 0 bridgehead atoms. The summed E-state index contributed by atoms with van der Waals surface area (Å²) in [6, 6.07) is 4.15. The maximum atomic E-state index is 4.35. The van der Waals surface area contributed by atoms with Crippen LogP contribution in [-0.4, -0.2) is 0 Å². The molecule has 0 saturated heterocycles. The molecule has 98 valence electrons. The summed E-state index contributed by atoms with van der Waals surface area (Å²) in [7, 11) is 0. The van der Waals surface area contributed by atoms with E-state index in [0.29, 0.717) is 0 Å². The molecule has 0 atom stereocenters. The van der Waals surface area contributed by atoms with Gasteiger partial charge in [0, 0.05) is 19.5 Å². The molecule has 0 radical (unpaired) electrons. The molecule has 2 aliphatic heterocycles. The van der Waals surface area contributed by atoms with Gasteiger partial charge in [-0.1, -0.05) is 36.4 Å². The van der Waals surface area contributed by atoms with Crippen molar-refractivity contribution in [2.45, 2.75) is 13.8 Å². The SMILES string of the molecule is C1=C[N-]c2c3c(ccc2=C1)=CC=C[N-]3.[CH2-]C.[CH2-]C.[Zn]. The molecule has 0 aliphatic carbocycles. The summed E-state index contributed by atoms with van der Waals surface area (Å²) in [5.41, 5.74) is 1.95. The van der Waals surface area contributed by atoms with E-state index >= 15 is 0 Å². The van der Waals surface area contributed by atoms with Gasteiger partial charge in [-0.3, -0.25) is 0 Å². The maximum absolute atomic E-state index is 4.35. The molecule has 0 amide bonds. The molecule has 3 heteroatoms. The Morgan fingerprint density at radius 3 is 1.47 bits per heavy atom. The maximum Gasteiger partial charge on any atom is 0 e. The van der Waals surface area contributed by atoms with Gasteiger partial charge in [-0.05, 0) is 10.4 Å². The molecule has 3 rings (SSSR count). The Hall–Kier alpha value is -1.34. The standard InChI is InChI=1S/C12H8N2.2C2H5.Zn/c1-3-9-5-6-10-4-2-8-14-12(10)11(9)13-7-1;2*1-2;/h1-8H;2*1H2,2H3;/q-2;2*-1;. The Balaban J connectivity index is 0.000000597. The number of hydrogen-bond donors (Lipinski definition) is 0. The van der Waals surface area contributed by atoms with Crippen molar-refractivity contribution in [3.63, 3.8) is 0 Å². The minimum absolute atomic E-state index is 0. The predicted octanol–water partition coefficient (Wildman–Crippen LogP) is 3.99. The average molecular weight is 304 g/mol. The van der Waals surface area contributed by atoms with Crippen LogP contribution >= 0.6 is 0 Å². The first-order chi connectivity index (χ1) is 8.95. The van der Waals surface area contributed by atoms with Gasteiger partial charge >= 0.3 is 0 Å². The molecular formula is C16H18N2Zn-4. The zero-order valence-corrected chi connectivity index (χ0v) is 14.6. The minimum Gasteiger partial charge on any atom is -0.665 e. The fourth-order valence-electron chi connectivity index (χ4n) is 1.68. The molecule has 0 unspecified atom stereocenters. The third-order valence-electron chi connectivity index (χ3n) is 2.34. The van der Waals surface area contributed by atoms with Crippen molar-refractivity contribution in [2.24, 2.45) is 0 Å². The van der Waals surface area contributed by atoms with Crippen molar-refractivity contribution in [1.82, 2.24) is 0 Å². The molecule has 1 aromatic rings. The van der Waals surface area contributed by atoms with Crippen molar-refractivity contribution in [1.29, 1.82) is 0 Å². The summed E-state index contributed by atoms with van der Waals surface area (Å²) in [6.45, 7) is 10.0. The molecule has 1 aromatic carbocycles. The Labute approximate surface area is 128 Å². The molecular weight excluding hydrogens is 286 g/mol. The van der Waals surface area contributed by atoms with Gasteiger partial charge in [0.25, 0.3) is 0 Å². The van der Waals surface area contributed by atoms with Crippen LogP contribution in [0.5, 0.6) is 0 Å². The average Bonchev–Trinajstić information content (AvgIpc) is 2.51. The van der Waals surface area contributed by atoms with Crippen LogP contribution in [0, 0.1) is 13.8 Å². The van der Waals surface area contributed by atoms with E-state index in [1.807, 2.05) is 12.2 Å². The fourth-order valence-corrected chi connectivity index (χ4v) is 1.68. The quantitative estimate of drug-likeness (QED) is 0.512. The van der Waals surface area contributed by atoms with Crippen LogP contribution in [0.1, 0.15) is 13.8 Å². The molecule has 19 heavy (non-hydrogen) atoms. The van der Waals surface area contributed by atoms with Crippen LogP contribution in [0.2, 0.25) is 0 Å². The predicted molar refractivity (Wildman–Crippen MR) is 81.0 cm³/mol. The summed E-state index contributed by atoms with van der Waals surface area (Å²) in [5, 5.41) is 11.0. The fraction of sp³-hybridized carbons (Fsp3) is 0.125. The first-order valence-electron chi connectivity index (χ1n) is 5.95. The summed E-state index contributed by atoms with van der Waals surface area (Å²) in [6.07, 6.45) is 11.6. The number of nitrogens with zero attached hydrogens (tertiary/aromatic N) is 2. The molecule has 0 aromatic heterocycles. The van der Waals surface area contributed by atoms with Crippen LogP contribution in [0.3, 0.4) is 0 Å². The van der Waals surface area contributed by atoms with Crippen LogP contribution in [0.4, 0.5) is 11.4 Å². The van der Waals surface area contributed by atoms with Gasteiger partial charge in [-0.25, -0.2) is 0 Å². The molecule has 0 saturated carbocycles. The zero-order chi connectivity index (χ0) is 13.4. The molecule has 0 N–H and O–H groups in total. The molecule has 2 heterocycles. The van der Waals surface area contributed by atoms with Crippen LogP contribution in [-0.2, 0) is 19.5 Å². The Bertz CT molecular complexity index is 506. The number of benzene rings is 1. The van der Waals surface area contributed by atoms with E-state index in [4.69, 9.17) is 0 Å². The van der Waals surface area contributed by atoms with Gasteiger partial charge in [0.05, 0.1) is 0 Å². The first-order valence-corrected chi connectivity index (χ1v) is 5.95. The van der Waals surface area contributed by atoms with Gasteiger partial charge in [-0.15, -0.1) is 11.4 Å². The van der Waals surface area contributed by atoms with Gasteiger partial charge in [0.2, 0.25) is 0 Å². The second-order valence-electron chi connectivity index (χ2n) is 3.22. The zero-order valence-electron chi connectivity index (χ0n) is 11.6. The molecule has 0 spiro atoms. The Morgan fingerprint density at radius 2 is 1.11 bits per heavy atom. The molecule has 0 fully saturated rings. The number of rotatable bonds is 0. The number of fused-ring (bicyclic) bond motifs is 3. The van der Waals surface area contributed by atoms with Gasteiger partial charge in [-0.2, -0.15) is 26.2 Å². The van der Waals surface area contributed by atoms with Gasteiger partial charge in [0.15, 0.2) is 0 Å². The molecule has 2 nitrogen and oxygen atoms in total. The summed E-state index contributed by atoms with van der Waals surface area (Å²) in [5.74, 6) is 0. The monoisotopic (exact) mass is 302 g/mol. The van der Waals surface area contributed by atoms with Crippen LogP contribution in [0.25, 0.3) is 22.8 Å². The second kappa shape index (κ2) is 9.57. The van der Waals surface area contributed by atoms with E-state index in [1.54, 1.807) is 26.2 Å². The first kappa shape index (κ1) is 17.7. The normalized spacial score (nSPS) is 12.0. The smallest absolute Gasteiger partial charge is 0 e. The Kier molecular flexibility index (Phi) is 8.90. The van der Waals surface area contributed by atoms with E-state index in [9.17, 15) is 0 Å². The summed E-state index contributed by atoms with van der Waals surface area (Å²) in [4.78, 5) is 0. The summed E-state index contributed by atoms with van der Waals surface area (Å²) < 4.78 is 0. The van der Waals surface area contributed by atoms with Crippen LogP contribution in [0.15, 0.2) is 36.7 Å². The van der Waals surface area contributed by atoms with E-state index < -0.39 is 0 Å². The summed E-state index contributed by atoms with van der Waals surface area (Å²) >= 11 is 0. The van der Waals surface area contributed by atoms with Gasteiger partial charge < -0.3 is 24.5 Å². The van der Waals surface area contributed by atoms with Crippen molar-refractivity contribution in [2.75, 3.05) is 0 Å². The second-order valence-corrected chi connectivity index (χ2v) is 3.22. The van der Waals surface area contributed by atoms with Crippen molar-refractivity contribution in [3.8, 4) is 0 Å².